The molecule has 1 amide bonds. The third-order valence-corrected chi connectivity index (χ3v) is 7.71. The van der Waals surface area contributed by atoms with Crippen LogP contribution in [0.25, 0.3) is 11.0 Å². The number of rotatable bonds is 5. The molecule has 32 heavy (non-hydrogen) atoms. The van der Waals surface area contributed by atoms with Gasteiger partial charge in [-0.2, -0.15) is 9.40 Å². The molecule has 170 valence electrons. The van der Waals surface area contributed by atoms with Crippen molar-refractivity contribution in [3.05, 3.63) is 41.2 Å². The molecule has 0 aliphatic carbocycles. The van der Waals surface area contributed by atoms with Gasteiger partial charge in [-0.15, -0.1) is 0 Å². The van der Waals surface area contributed by atoms with Crippen LogP contribution in [-0.4, -0.2) is 53.6 Å². The first-order valence-corrected chi connectivity index (χ1v) is 12.0. The van der Waals surface area contributed by atoms with E-state index in [4.69, 9.17) is 4.74 Å². The van der Waals surface area contributed by atoms with Gasteiger partial charge in [-0.3, -0.25) is 9.48 Å². The number of nitrogens with zero attached hydrogens (tertiary/aromatic N) is 4. The Hall–Kier alpha value is -2.98. The number of aromatic nitrogens is 3. The van der Waals surface area contributed by atoms with Crippen molar-refractivity contribution in [3.8, 4) is 5.75 Å². The van der Waals surface area contributed by atoms with Crippen molar-refractivity contribution in [2.24, 2.45) is 7.05 Å². The van der Waals surface area contributed by atoms with Gasteiger partial charge in [0.2, 0.25) is 10.0 Å². The highest BCUT2D eigenvalue weighted by Crippen LogP contribution is 2.31. The van der Waals surface area contributed by atoms with Gasteiger partial charge in [-0.05, 0) is 51.0 Å². The van der Waals surface area contributed by atoms with Crippen LogP contribution in [0.15, 0.2) is 29.2 Å². The number of nitrogens with one attached hydrogen (secondary N) is 1. The first-order chi connectivity index (χ1) is 15.2. The lowest BCUT2D eigenvalue weighted by Gasteiger charge is -2.26. The van der Waals surface area contributed by atoms with Crippen LogP contribution >= 0.6 is 0 Å². The number of carbonyl (C=O) groups is 1. The zero-order chi connectivity index (χ0) is 23.0. The summed E-state index contributed by atoms with van der Waals surface area (Å²) in [5.41, 5.74) is 2.82. The molecule has 10 heteroatoms. The Bertz CT molecular complexity index is 1290. The standard InChI is InChI=1S/C22H27N5O4S/c1-14-18(13-17-15(2)25-26(3)21(17)23-14)22(28)24-16-8-9-19(31-4)20(12-16)32(29,30)27-10-6-5-7-11-27/h8-9,12-13H,5-7,10-11H2,1-4H3,(H,24,28). The van der Waals surface area contributed by atoms with Crippen molar-refractivity contribution in [3.63, 3.8) is 0 Å². The van der Waals surface area contributed by atoms with E-state index in [0.717, 1.165) is 30.3 Å². The Kier molecular flexibility index (Phi) is 5.91. The molecule has 0 unspecified atom stereocenters. The Balaban J connectivity index is 1.67. The molecule has 0 radical (unpaired) electrons. The van der Waals surface area contributed by atoms with Crippen molar-refractivity contribution in [2.45, 2.75) is 38.0 Å². The fourth-order valence-electron chi connectivity index (χ4n) is 4.06. The molecular formula is C22H27N5O4S. The normalized spacial score (nSPS) is 15.1. The Labute approximate surface area is 187 Å². The minimum atomic E-state index is -3.73. The fourth-order valence-corrected chi connectivity index (χ4v) is 5.76. The highest BCUT2D eigenvalue weighted by atomic mass is 32.2. The second kappa shape index (κ2) is 8.51. The minimum absolute atomic E-state index is 0.0492. The lowest BCUT2D eigenvalue weighted by molar-refractivity contribution is 0.102. The molecule has 1 aromatic carbocycles. The number of ether oxygens (including phenoxy) is 1. The molecule has 0 bridgehead atoms. The summed E-state index contributed by atoms with van der Waals surface area (Å²) in [7, 11) is -0.491. The van der Waals surface area contributed by atoms with Gasteiger partial charge in [0.05, 0.1) is 24.1 Å². The molecule has 9 nitrogen and oxygen atoms in total. The van der Waals surface area contributed by atoms with Gasteiger partial charge in [0.1, 0.15) is 10.6 Å². The number of benzene rings is 1. The molecule has 0 spiro atoms. The molecule has 4 rings (SSSR count). The zero-order valence-corrected chi connectivity index (χ0v) is 19.5. The number of anilines is 1. The molecule has 3 heterocycles. The maximum atomic E-state index is 13.2. The number of carbonyl (C=O) groups excluding carboxylic acids is 1. The fraction of sp³-hybridized carbons (Fsp3) is 0.409. The molecule has 1 aliphatic heterocycles. The van der Waals surface area contributed by atoms with Crippen LogP contribution < -0.4 is 10.1 Å². The summed E-state index contributed by atoms with van der Waals surface area (Å²) in [5.74, 6) is -0.120. The highest BCUT2D eigenvalue weighted by Gasteiger charge is 2.29. The van der Waals surface area contributed by atoms with Gasteiger partial charge < -0.3 is 10.1 Å². The van der Waals surface area contributed by atoms with E-state index in [1.165, 1.54) is 17.5 Å². The van der Waals surface area contributed by atoms with E-state index in [1.54, 1.807) is 29.8 Å². The van der Waals surface area contributed by atoms with Crippen LogP contribution in [-0.2, 0) is 17.1 Å². The Morgan fingerprint density at radius 3 is 2.50 bits per heavy atom. The summed E-state index contributed by atoms with van der Waals surface area (Å²) in [6.45, 7) is 4.59. The van der Waals surface area contributed by atoms with Gasteiger partial charge in [0.25, 0.3) is 5.91 Å². The average molecular weight is 458 g/mol. The van der Waals surface area contributed by atoms with E-state index in [1.807, 2.05) is 14.0 Å². The van der Waals surface area contributed by atoms with Crippen LogP contribution in [0.1, 0.15) is 41.0 Å². The number of piperidine rings is 1. The quantitative estimate of drug-likeness (QED) is 0.631. The van der Waals surface area contributed by atoms with E-state index >= 15 is 0 Å². The molecule has 1 aliphatic rings. The van der Waals surface area contributed by atoms with E-state index in [0.29, 0.717) is 35.7 Å². The largest absolute Gasteiger partial charge is 0.495 e. The summed E-state index contributed by atoms with van der Waals surface area (Å²) < 4.78 is 34.9. The summed E-state index contributed by atoms with van der Waals surface area (Å²) in [5, 5.41) is 7.96. The predicted molar refractivity (Wildman–Crippen MR) is 122 cm³/mol. The number of hydrogen-bond donors (Lipinski definition) is 1. The van der Waals surface area contributed by atoms with Gasteiger partial charge >= 0.3 is 0 Å². The van der Waals surface area contributed by atoms with Crippen molar-refractivity contribution in [1.82, 2.24) is 19.1 Å². The number of fused-ring (bicyclic) bond motifs is 1. The monoisotopic (exact) mass is 457 g/mol. The van der Waals surface area contributed by atoms with Crippen LogP contribution in [0.2, 0.25) is 0 Å². The van der Waals surface area contributed by atoms with Crippen LogP contribution in [0.4, 0.5) is 5.69 Å². The number of amides is 1. The van der Waals surface area contributed by atoms with Gasteiger partial charge in [-0.1, -0.05) is 6.42 Å². The van der Waals surface area contributed by atoms with Gasteiger partial charge in [-0.25, -0.2) is 13.4 Å². The van der Waals surface area contributed by atoms with E-state index in [2.05, 4.69) is 15.4 Å². The number of methoxy groups -OCH3 is 1. The lowest BCUT2D eigenvalue weighted by atomic mass is 10.1. The first kappa shape index (κ1) is 22.2. The molecule has 2 aromatic heterocycles. The first-order valence-electron chi connectivity index (χ1n) is 10.5. The zero-order valence-electron chi connectivity index (χ0n) is 18.7. The number of hydrogen-bond acceptors (Lipinski definition) is 6. The van der Waals surface area contributed by atoms with Crippen molar-refractivity contribution >= 4 is 32.7 Å². The second-order valence-electron chi connectivity index (χ2n) is 7.99. The second-order valence-corrected chi connectivity index (χ2v) is 9.89. The summed E-state index contributed by atoms with van der Waals surface area (Å²) in [4.78, 5) is 17.6. The summed E-state index contributed by atoms with van der Waals surface area (Å²) in [6.07, 6.45) is 2.69. The number of pyridine rings is 1. The van der Waals surface area contributed by atoms with Crippen LogP contribution in [0.3, 0.4) is 0 Å². The predicted octanol–water partition coefficient (Wildman–Crippen LogP) is 3.02. The SMILES string of the molecule is COc1ccc(NC(=O)c2cc3c(C)nn(C)c3nc2C)cc1S(=O)(=O)N1CCCCC1. The smallest absolute Gasteiger partial charge is 0.257 e. The number of aryl methyl sites for hydroxylation is 3. The maximum Gasteiger partial charge on any atom is 0.257 e. The lowest BCUT2D eigenvalue weighted by Crippen LogP contribution is -2.35. The molecule has 0 atom stereocenters. The average Bonchev–Trinajstić information content (AvgIpc) is 3.06. The molecule has 3 aromatic rings. The summed E-state index contributed by atoms with van der Waals surface area (Å²) in [6, 6.07) is 6.41. The Morgan fingerprint density at radius 2 is 1.81 bits per heavy atom. The van der Waals surface area contributed by atoms with Gasteiger partial charge in [0.15, 0.2) is 5.65 Å². The maximum absolute atomic E-state index is 13.2. The minimum Gasteiger partial charge on any atom is -0.495 e. The molecule has 1 fully saturated rings. The molecular weight excluding hydrogens is 430 g/mol. The van der Waals surface area contributed by atoms with Crippen molar-refractivity contribution in [2.75, 3.05) is 25.5 Å². The third kappa shape index (κ3) is 3.95. The highest BCUT2D eigenvalue weighted by molar-refractivity contribution is 7.89. The third-order valence-electron chi connectivity index (χ3n) is 5.79. The van der Waals surface area contributed by atoms with E-state index in [-0.39, 0.29) is 16.6 Å². The topological polar surface area (TPSA) is 106 Å². The molecule has 0 saturated carbocycles. The Morgan fingerprint density at radius 1 is 1.09 bits per heavy atom. The van der Waals surface area contributed by atoms with Crippen LogP contribution in [0, 0.1) is 13.8 Å². The summed E-state index contributed by atoms with van der Waals surface area (Å²) >= 11 is 0. The van der Waals surface area contributed by atoms with Crippen LogP contribution in [0.5, 0.6) is 5.75 Å². The van der Waals surface area contributed by atoms with E-state index in [9.17, 15) is 13.2 Å². The van der Waals surface area contributed by atoms with Crippen molar-refractivity contribution < 1.29 is 17.9 Å². The molecule has 1 N–H and O–H groups in total. The van der Waals surface area contributed by atoms with Crippen molar-refractivity contribution in [1.29, 1.82) is 0 Å². The number of sulfonamides is 1. The van der Waals surface area contributed by atoms with Gasteiger partial charge in [0, 0.05) is 31.2 Å². The van der Waals surface area contributed by atoms with E-state index < -0.39 is 10.0 Å². The molecule has 1 saturated heterocycles.